The number of carbonyl (C=O) groups is 5. The lowest BCUT2D eigenvalue weighted by molar-refractivity contribution is -0.150. The van der Waals surface area contributed by atoms with E-state index in [1.807, 2.05) is 0 Å². The molecule has 0 radical (unpaired) electrons. The zero-order chi connectivity index (χ0) is 86.0. The molecular formula is C101H183N5O10. The highest BCUT2D eigenvalue weighted by molar-refractivity contribution is 5.83. The molecule has 10 aliphatic heterocycles. The third-order valence-corrected chi connectivity index (χ3v) is 32.9. The molecule has 10 heterocycles. The normalized spacial score (nSPS) is 35.2. The quantitative estimate of drug-likeness (QED) is 0.115. The molecule has 24 atom stereocenters. The molecule has 15 nitrogen and oxygen atoms in total. The summed E-state index contributed by atoms with van der Waals surface area (Å²) in [6.45, 7) is 74.0. The number of ether oxygens (including phenoxy) is 5. The maximum atomic E-state index is 13.8. The van der Waals surface area contributed by atoms with Gasteiger partial charge in [0.1, 0.15) is 0 Å². The molecule has 2 aliphatic carbocycles. The van der Waals surface area contributed by atoms with E-state index in [1.165, 1.54) is 51.4 Å². The molecule has 0 spiro atoms. The maximum absolute atomic E-state index is 13.8. The summed E-state index contributed by atoms with van der Waals surface area (Å²) in [5.41, 5.74) is 0.179. The molecule has 15 heteroatoms. The van der Waals surface area contributed by atoms with Gasteiger partial charge in [-0.1, -0.05) is 186 Å². The largest absolute Gasteiger partial charge is 0.381 e. The van der Waals surface area contributed by atoms with Crippen molar-refractivity contribution in [3.05, 3.63) is 0 Å². The molecule has 5 amide bonds. The minimum absolute atomic E-state index is 0.0799. The van der Waals surface area contributed by atoms with Crippen LogP contribution in [0.5, 0.6) is 0 Å². The summed E-state index contributed by atoms with van der Waals surface area (Å²) in [6, 6.07) is 4.27. The molecule has 2 saturated carbocycles. The number of fused-ring (bicyclic) bond motifs is 2. The Morgan fingerprint density at radius 3 is 0.879 bits per heavy atom. The Balaban J connectivity index is 0.000000181. The highest BCUT2D eigenvalue weighted by Crippen LogP contribution is 2.52. The van der Waals surface area contributed by atoms with Gasteiger partial charge in [-0.2, -0.15) is 0 Å². The van der Waals surface area contributed by atoms with Crippen LogP contribution in [0.25, 0.3) is 0 Å². The molecule has 0 aromatic heterocycles. The van der Waals surface area contributed by atoms with E-state index in [1.54, 1.807) is 0 Å². The van der Waals surface area contributed by atoms with Crippen molar-refractivity contribution in [1.29, 1.82) is 0 Å². The summed E-state index contributed by atoms with van der Waals surface area (Å²) in [6.07, 6.45) is 24.8. The van der Waals surface area contributed by atoms with E-state index in [2.05, 4.69) is 232 Å². The summed E-state index contributed by atoms with van der Waals surface area (Å²) in [7, 11) is 0. The van der Waals surface area contributed by atoms with Crippen LogP contribution in [0.3, 0.4) is 0 Å². The predicted octanol–water partition coefficient (Wildman–Crippen LogP) is 21.7. The Kier molecular flexibility index (Phi) is 37.1. The Morgan fingerprint density at radius 1 is 0.302 bits per heavy atom. The third-order valence-electron chi connectivity index (χ3n) is 32.9. The molecule has 10 saturated heterocycles. The lowest BCUT2D eigenvalue weighted by Gasteiger charge is -2.45. The number of likely N-dealkylation sites (tertiary alicyclic amines) is 5. The summed E-state index contributed by atoms with van der Waals surface area (Å²) < 4.78 is 28.5. The first-order valence-electron chi connectivity index (χ1n) is 49.1. The summed E-state index contributed by atoms with van der Waals surface area (Å²) in [4.78, 5) is 79.7. The van der Waals surface area contributed by atoms with Crippen molar-refractivity contribution in [3.63, 3.8) is 0 Å². The van der Waals surface area contributed by atoms with Crippen molar-refractivity contribution in [1.82, 2.24) is 24.5 Å². The highest BCUT2D eigenvalue weighted by Gasteiger charge is 2.56. The number of amides is 5. The first-order valence-corrected chi connectivity index (χ1v) is 49.1. The van der Waals surface area contributed by atoms with Crippen molar-refractivity contribution in [3.8, 4) is 0 Å². The molecule has 672 valence electrons. The zero-order valence-electron chi connectivity index (χ0n) is 80.5. The van der Waals surface area contributed by atoms with Gasteiger partial charge < -0.3 is 48.2 Å². The second-order valence-corrected chi connectivity index (χ2v) is 44.9. The molecule has 0 bridgehead atoms. The van der Waals surface area contributed by atoms with Crippen LogP contribution < -0.4 is 0 Å². The Labute approximate surface area is 712 Å². The van der Waals surface area contributed by atoms with Crippen molar-refractivity contribution in [2.24, 2.45) is 147 Å². The number of carbonyl (C=O) groups excluding carboxylic acids is 5. The lowest BCUT2D eigenvalue weighted by Crippen LogP contribution is -2.52. The third kappa shape index (κ3) is 23.2. The lowest BCUT2D eigenvalue weighted by atomic mass is 9.66. The molecule has 0 N–H and O–H groups in total. The van der Waals surface area contributed by atoms with Gasteiger partial charge in [0.25, 0.3) is 0 Å². The van der Waals surface area contributed by atoms with Gasteiger partial charge in [-0.25, -0.2) is 0 Å². The molecule has 12 aliphatic rings. The van der Waals surface area contributed by atoms with Crippen molar-refractivity contribution < 1.29 is 47.7 Å². The van der Waals surface area contributed by atoms with Crippen molar-refractivity contribution >= 4 is 29.5 Å². The molecule has 12 rings (SSSR count). The topological polar surface area (TPSA) is 148 Å². The summed E-state index contributed by atoms with van der Waals surface area (Å²) in [5, 5.41) is 0. The molecule has 12 fully saturated rings. The van der Waals surface area contributed by atoms with E-state index in [-0.39, 0.29) is 52.6 Å². The van der Waals surface area contributed by atoms with Gasteiger partial charge in [-0.05, 0) is 274 Å². The van der Waals surface area contributed by atoms with E-state index in [0.29, 0.717) is 185 Å². The van der Waals surface area contributed by atoms with E-state index in [4.69, 9.17) is 23.7 Å². The van der Waals surface area contributed by atoms with Crippen LogP contribution in [0.15, 0.2) is 0 Å². The van der Waals surface area contributed by atoms with Gasteiger partial charge in [-0.3, -0.25) is 24.0 Å². The first kappa shape index (κ1) is 98.6. The minimum Gasteiger partial charge on any atom is -0.381 e. The summed E-state index contributed by atoms with van der Waals surface area (Å²) in [5.74, 6) is 12.0. The highest BCUT2D eigenvalue weighted by atomic mass is 16.5. The molecule has 0 aromatic rings. The van der Waals surface area contributed by atoms with Gasteiger partial charge in [-0.15, -0.1) is 0 Å². The van der Waals surface area contributed by atoms with Crippen LogP contribution >= 0.6 is 0 Å². The number of hydrogen-bond donors (Lipinski definition) is 0. The first-order chi connectivity index (χ1) is 54.5. The minimum atomic E-state index is 0.0799. The van der Waals surface area contributed by atoms with Crippen LogP contribution in [-0.4, -0.2) is 180 Å². The van der Waals surface area contributed by atoms with Gasteiger partial charge in [0.2, 0.25) is 29.5 Å². The smallest absolute Gasteiger partial charge is 0.227 e. The SMILES string of the molecule is CC(C)C(C(=O)N1C(C)C(C)C[C@H]1C(C)C)C1(C)CCOCC1.CC(C)C(C(=O)N1C(C)C(C)C[C@H]1C(C)C)C1CCCOC1.CC(C)C(C(=O)N1C2CCCC2C[C@H]1C(C)C)C1(C)CCOCC1.CC(C)C(C(=O)N1C2CCCC2C[C@H]1C(C)C)C1CCCOC1.CC1CC(C(C(=O)N2C(C)C(C)C[C@H]2C(C)C)C(C)C)CC(C)O1. The monoisotopic (exact) mass is 1630 g/mol. The van der Waals surface area contributed by atoms with Crippen LogP contribution in [0.1, 0.15) is 343 Å². The average molecular weight is 1630 g/mol. The van der Waals surface area contributed by atoms with E-state index in [0.717, 1.165) is 148 Å². The van der Waals surface area contributed by atoms with Gasteiger partial charge in [0.05, 0.1) is 25.4 Å². The van der Waals surface area contributed by atoms with Crippen LogP contribution in [0.4, 0.5) is 0 Å². The fourth-order valence-electron chi connectivity index (χ4n) is 26.0. The second kappa shape index (κ2) is 43.7. The van der Waals surface area contributed by atoms with Crippen molar-refractivity contribution in [2.45, 2.75) is 415 Å². The molecule has 0 aromatic carbocycles. The molecular weight excluding hydrogens is 1440 g/mol. The van der Waals surface area contributed by atoms with Crippen LogP contribution in [0.2, 0.25) is 0 Å². The number of rotatable bonds is 20. The van der Waals surface area contributed by atoms with Crippen LogP contribution in [0, 0.1) is 147 Å². The zero-order valence-corrected chi connectivity index (χ0v) is 80.5. The Bertz CT molecular complexity index is 2990. The van der Waals surface area contributed by atoms with Crippen molar-refractivity contribution in [2.75, 3.05) is 52.9 Å². The summed E-state index contributed by atoms with van der Waals surface area (Å²) >= 11 is 0. The van der Waals surface area contributed by atoms with E-state index in [9.17, 15) is 24.0 Å². The number of hydrogen-bond acceptors (Lipinski definition) is 10. The van der Waals surface area contributed by atoms with E-state index >= 15 is 0 Å². The Hall–Kier alpha value is -2.85. The molecule has 116 heavy (non-hydrogen) atoms. The maximum Gasteiger partial charge on any atom is 0.227 e. The average Bonchev–Trinajstić information content (AvgIpc) is 1.67. The van der Waals surface area contributed by atoms with E-state index < -0.39 is 0 Å². The fourth-order valence-corrected chi connectivity index (χ4v) is 26.0. The van der Waals surface area contributed by atoms with Gasteiger partial charge in [0, 0.05) is 130 Å². The van der Waals surface area contributed by atoms with Gasteiger partial charge >= 0.3 is 0 Å². The second-order valence-electron chi connectivity index (χ2n) is 44.9. The predicted molar refractivity (Wildman–Crippen MR) is 476 cm³/mol. The van der Waals surface area contributed by atoms with Gasteiger partial charge in [0.15, 0.2) is 0 Å². The van der Waals surface area contributed by atoms with Crippen LogP contribution in [-0.2, 0) is 47.7 Å². The molecule has 19 unspecified atom stereocenters. The number of nitrogens with zero attached hydrogens (tertiary/aromatic N) is 5. The fraction of sp³-hybridized carbons (Fsp3) is 0.950. The standard InChI is InChI=1S/C21H37NO2.C21H39NO2.C20H35NO2.C20H37NO2.C19H35NO2/c1-14(2)18-13-16-7-6-8-17(16)22(18)20(23)19(15(3)4)21(5)9-11-24-12-10-21;1-12(2)19-9-14(5)17(8)22(19)21(23)20(13(3)4)18-10-15(6)24-16(7)11-18;1-13(2)18-11-15-7-5-9-17(15)21(18)20(22)19(14(3)4)16-8-6-10-23-12-16;1-13(2)17-12-15(5)16(6)21(17)19(22)18(14(3)4)20(7)8-10-23-11-9-20;1-12(2)17-10-14(5)15(6)20(17)19(21)18(13(3)4)16-8-7-9-22-11-16/h14-19H,6-13H2,1-5H3;12-20H,9-11H2,1-8H3;13-19H,5-12H2,1-4H3;13-18H,8-12H2,1-7H3;12-18H,7-11H2,1-6H3/t16?,17?,18-,19?;14?,15?,16?,17?,18?,19-,20?;15?,16?,17?,18-,19?;15?,16?,17-,18?;14?,15?,16?,17-,18?/m00000/s1. The Morgan fingerprint density at radius 2 is 0.586 bits per heavy atom.